The number of benzene rings is 2. The normalized spacial score (nSPS) is 19.4. The molecule has 0 bridgehead atoms. The van der Waals surface area contributed by atoms with Crippen molar-refractivity contribution in [3.05, 3.63) is 59.2 Å². The summed E-state index contributed by atoms with van der Waals surface area (Å²) in [4.78, 5) is 30.2. The number of carbonyl (C=O) groups excluding carboxylic acids is 2. The van der Waals surface area contributed by atoms with E-state index in [1.54, 1.807) is 34.9 Å². The zero-order valence-electron chi connectivity index (χ0n) is 19.5. The summed E-state index contributed by atoms with van der Waals surface area (Å²) in [6.45, 7) is 5.97. The van der Waals surface area contributed by atoms with Gasteiger partial charge in [0.15, 0.2) is 0 Å². The van der Waals surface area contributed by atoms with Gasteiger partial charge in [0.1, 0.15) is 24.2 Å². The zero-order valence-corrected chi connectivity index (χ0v) is 19.5. The molecule has 2 amide bonds. The van der Waals surface area contributed by atoms with Gasteiger partial charge in [-0.15, -0.1) is 0 Å². The highest BCUT2D eigenvalue weighted by Crippen LogP contribution is 2.30. The van der Waals surface area contributed by atoms with E-state index in [-0.39, 0.29) is 24.5 Å². The van der Waals surface area contributed by atoms with E-state index in [0.717, 1.165) is 19.5 Å². The Morgan fingerprint density at radius 3 is 2.74 bits per heavy atom. The predicted octanol–water partition coefficient (Wildman–Crippen LogP) is 1.55. The van der Waals surface area contributed by atoms with Crippen LogP contribution in [0.1, 0.15) is 28.4 Å². The smallest absolute Gasteiger partial charge is 0.257 e. The number of ether oxygens (including phenoxy) is 2. The van der Waals surface area contributed by atoms with Crippen LogP contribution in [-0.4, -0.2) is 89.7 Å². The Bertz CT molecular complexity index is 1070. The second-order valence-corrected chi connectivity index (χ2v) is 9.33. The molecular formula is C26H31N3O5. The lowest BCUT2D eigenvalue weighted by molar-refractivity contribution is -0.137. The maximum Gasteiger partial charge on any atom is 0.257 e. The third-order valence-electron chi connectivity index (χ3n) is 6.80. The van der Waals surface area contributed by atoms with Crippen molar-refractivity contribution in [2.75, 3.05) is 45.9 Å². The van der Waals surface area contributed by atoms with Crippen LogP contribution in [0.15, 0.2) is 42.5 Å². The largest absolute Gasteiger partial charge is 0.491 e. The van der Waals surface area contributed by atoms with Crippen molar-refractivity contribution >= 4 is 11.8 Å². The molecule has 3 aliphatic heterocycles. The molecule has 0 saturated carbocycles. The first kappa shape index (κ1) is 22.7. The molecule has 1 saturated heterocycles. The van der Waals surface area contributed by atoms with Gasteiger partial charge in [0, 0.05) is 39.2 Å². The molecule has 0 aliphatic carbocycles. The van der Waals surface area contributed by atoms with E-state index in [9.17, 15) is 14.7 Å². The van der Waals surface area contributed by atoms with Crippen molar-refractivity contribution < 1.29 is 24.2 Å². The highest BCUT2D eigenvalue weighted by Gasteiger charge is 2.31. The van der Waals surface area contributed by atoms with E-state index in [2.05, 4.69) is 29.2 Å². The molecular weight excluding hydrogens is 434 g/mol. The van der Waals surface area contributed by atoms with Gasteiger partial charge < -0.3 is 24.4 Å². The molecule has 2 aromatic carbocycles. The molecule has 0 spiro atoms. The monoisotopic (exact) mass is 465 g/mol. The molecule has 34 heavy (non-hydrogen) atoms. The Balaban J connectivity index is 1.17. The van der Waals surface area contributed by atoms with Crippen molar-refractivity contribution in [2.45, 2.75) is 32.1 Å². The standard InChI is InChI=1S/C26H31N3O5/c1-18(30)29-16-23(17-29)34-22-6-7-24-25(12-22)33-11-10-28(26(24)32)15-21(31)14-27-9-8-19-4-2-3-5-20(19)13-27/h2-7,12,21,23,31H,8-11,13-17H2,1H3/t21-/m1/s1. The van der Waals surface area contributed by atoms with Crippen LogP contribution in [0.3, 0.4) is 0 Å². The summed E-state index contributed by atoms with van der Waals surface area (Å²) >= 11 is 0. The van der Waals surface area contributed by atoms with Crippen LogP contribution < -0.4 is 9.47 Å². The van der Waals surface area contributed by atoms with Crippen LogP contribution in [0.25, 0.3) is 0 Å². The molecule has 8 heteroatoms. The lowest BCUT2D eigenvalue weighted by Crippen LogP contribution is -2.55. The Kier molecular flexibility index (Phi) is 6.43. The van der Waals surface area contributed by atoms with E-state index < -0.39 is 6.10 Å². The van der Waals surface area contributed by atoms with Crippen LogP contribution in [-0.2, 0) is 17.8 Å². The van der Waals surface area contributed by atoms with Gasteiger partial charge in [-0.1, -0.05) is 24.3 Å². The molecule has 2 aromatic rings. The van der Waals surface area contributed by atoms with E-state index >= 15 is 0 Å². The highest BCUT2D eigenvalue weighted by molar-refractivity contribution is 5.97. The minimum Gasteiger partial charge on any atom is -0.491 e. The Morgan fingerprint density at radius 2 is 1.94 bits per heavy atom. The number of hydrogen-bond acceptors (Lipinski definition) is 6. The second kappa shape index (κ2) is 9.64. The fourth-order valence-corrected chi connectivity index (χ4v) is 4.87. The summed E-state index contributed by atoms with van der Waals surface area (Å²) in [7, 11) is 0. The number of aliphatic hydroxyl groups is 1. The first-order valence-corrected chi connectivity index (χ1v) is 11.9. The van der Waals surface area contributed by atoms with Crippen molar-refractivity contribution in [3.8, 4) is 11.5 Å². The van der Waals surface area contributed by atoms with E-state index in [1.807, 2.05) is 0 Å². The molecule has 3 heterocycles. The molecule has 0 unspecified atom stereocenters. The minimum atomic E-state index is -0.638. The van der Waals surface area contributed by atoms with E-state index in [1.165, 1.54) is 11.1 Å². The van der Waals surface area contributed by atoms with Gasteiger partial charge in [0.25, 0.3) is 5.91 Å². The SMILES string of the molecule is CC(=O)N1CC(Oc2ccc3c(c2)OCCN(C[C@H](O)CN2CCc4ccccc4C2)C3=O)C1. The molecule has 0 radical (unpaired) electrons. The number of carbonyl (C=O) groups is 2. The van der Waals surface area contributed by atoms with Crippen molar-refractivity contribution in [1.82, 2.24) is 14.7 Å². The number of amides is 2. The molecule has 1 fully saturated rings. The average molecular weight is 466 g/mol. The summed E-state index contributed by atoms with van der Waals surface area (Å²) in [5.41, 5.74) is 3.16. The van der Waals surface area contributed by atoms with Gasteiger partial charge in [-0.2, -0.15) is 0 Å². The fraction of sp³-hybridized carbons (Fsp3) is 0.462. The van der Waals surface area contributed by atoms with Crippen LogP contribution in [0.2, 0.25) is 0 Å². The quantitative estimate of drug-likeness (QED) is 0.697. The Morgan fingerprint density at radius 1 is 1.15 bits per heavy atom. The third kappa shape index (κ3) is 4.88. The lowest BCUT2D eigenvalue weighted by atomic mass is 10.00. The summed E-state index contributed by atoms with van der Waals surface area (Å²) in [6, 6.07) is 13.7. The summed E-state index contributed by atoms with van der Waals surface area (Å²) < 4.78 is 11.8. The van der Waals surface area contributed by atoms with Crippen LogP contribution in [0.4, 0.5) is 0 Å². The molecule has 8 nitrogen and oxygen atoms in total. The zero-order chi connectivity index (χ0) is 23.7. The fourth-order valence-electron chi connectivity index (χ4n) is 4.87. The summed E-state index contributed by atoms with van der Waals surface area (Å²) in [5.74, 6) is 1.02. The number of β-amino-alcohol motifs (C(OH)–C–C–N with tert-alkyl or cyclic N) is 1. The van der Waals surface area contributed by atoms with Gasteiger partial charge in [-0.25, -0.2) is 0 Å². The molecule has 1 N–H and O–H groups in total. The number of nitrogens with zero attached hydrogens (tertiary/aromatic N) is 3. The Labute approximate surface area is 199 Å². The average Bonchev–Trinajstić information content (AvgIpc) is 2.94. The first-order chi connectivity index (χ1) is 16.5. The number of hydrogen-bond donors (Lipinski definition) is 1. The third-order valence-corrected chi connectivity index (χ3v) is 6.80. The minimum absolute atomic E-state index is 0.0445. The van der Waals surface area contributed by atoms with Crippen LogP contribution in [0.5, 0.6) is 11.5 Å². The maximum atomic E-state index is 13.2. The highest BCUT2D eigenvalue weighted by atomic mass is 16.5. The van der Waals surface area contributed by atoms with E-state index in [4.69, 9.17) is 9.47 Å². The van der Waals surface area contributed by atoms with Gasteiger partial charge >= 0.3 is 0 Å². The summed E-state index contributed by atoms with van der Waals surface area (Å²) in [6.07, 6.45) is 0.295. The van der Waals surface area contributed by atoms with Crippen LogP contribution in [0, 0.1) is 0 Å². The van der Waals surface area contributed by atoms with Gasteiger partial charge in [0.2, 0.25) is 5.91 Å². The van der Waals surface area contributed by atoms with Crippen molar-refractivity contribution in [2.24, 2.45) is 0 Å². The topological polar surface area (TPSA) is 82.6 Å². The van der Waals surface area contributed by atoms with Gasteiger partial charge in [-0.3, -0.25) is 14.5 Å². The number of fused-ring (bicyclic) bond motifs is 2. The van der Waals surface area contributed by atoms with Gasteiger partial charge in [-0.05, 0) is 29.7 Å². The second-order valence-electron chi connectivity index (χ2n) is 9.33. The van der Waals surface area contributed by atoms with E-state index in [0.29, 0.717) is 49.8 Å². The number of likely N-dealkylation sites (tertiary alicyclic amines) is 1. The molecule has 180 valence electrons. The first-order valence-electron chi connectivity index (χ1n) is 11.9. The van der Waals surface area contributed by atoms with Crippen LogP contribution >= 0.6 is 0 Å². The molecule has 3 aliphatic rings. The van der Waals surface area contributed by atoms with Crippen molar-refractivity contribution in [3.63, 3.8) is 0 Å². The number of rotatable bonds is 6. The molecule has 1 atom stereocenters. The Hall–Kier alpha value is -3.10. The maximum absolute atomic E-state index is 13.2. The lowest BCUT2D eigenvalue weighted by Gasteiger charge is -2.38. The van der Waals surface area contributed by atoms with Crippen molar-refractivity contribution in [1.29, 1.82) is 0 Å². The summed E-state index contributed by atoms with van der Waals surface area (Å²) in [5, 5.41) is 10.8. The van der Waals surface area contributed by atoms with Gasteiger partial charge in [0.05, 0.1) is 31.3 Å². The number of aliphatic hydroxyl groups excluding tert-OH is 1. The molecule has 5 rings (SSSR count). The predicted molar refractivity (Wildman–Crippen MR) is 126 cm³/mol. The molecule has 0 aromatic heterocycles.